The lowest BCUT2D eigenvalue weighted by Gasteiger charge is -2.18. The molecule has 0 aliphatic rings. The van der Waals surface area contributed by atoms with Crippen LogP contribution in [0.4, 0.5) is 0 Å². The summed E-state index contributed by atoms with van der Waals surface area (Å²) in [6.07, 6.45) is 0. The Hall–Kier alpha value is -0.870. The van der Waals surface area contributed by atoms with Gasteiger partial charge in [0.05, 0.1) is 0 Å². The van der Waals surface area contributed by atoms with Gasteiger partial charge in [0.2, 0.25) is 0 Å². The number of hydrogen-bond donors (Lipinski definition) is 1. The first-order valence-corrected chi connectivity index (χ1v) is 7.12. The van der Waals surface area contributed by atoms with Crippen LogP contribution in [0.1, 0.15) is 49.2 Å². The Kier molecular flexibility index (Phi) is 5.35. The lowest BCUT2D eigenvalue weighted by molar-refractivity contribution is 0.00752. The van der Waals surface area contributed by atoms with Crippen LogP contribution in [0, 0.1) is 5.92 Å². The molecule has 102 valence electrons. The van der Waals surface area contributed by atoms with Gasteiger partial charge in [-0.25, -0.2) is 4.79 Å². The molecule has 0 bridgehead atoms. The van der Waals surface area contributed by atoms with Crippen molar-refractivity contribution in [3.8, 4) is 0 Å². The first-order chi connectivity index (χ1) is 8.28. The standard InChI is InChI=1S/C14H23NO2S/c1-10(2)8-15-9-11-6-7-12(18-11)13(16)17-14(3,4)5/h6-7,10,15H,8-9H2,1-5H3. The summed E-state index contributed by atoms with van der Waals surface area (Å²) in [4.78, 5) is 13.7. The van der Waals surface area contributed by atoms with Crippen LogP contribution in [0.15, 0.2) is 12.1 Å². The Morgan fingerprint density at radius 3 is 2.61 bits per heavy atom. The molecule has 1 N–H and O–H groups in total. The Balaban J connectivity index is 2.50. The fraction of sp³-hybridized carbons (Fsp3) is 0.643. The predicted molar refractivity (Wildman–Crippen MR) is 76.0 cm³/mol. The molecule has 1 heterocycles. The predicted octanol–water partition coefficient (Wildman–Crippen LogP) is 3.45. The highest BCUT2D eigenvalue weighted by atomic mass is 32.1. The van der Waals surface area contributed by atoms with Crippen molar-refractivity contribution in [3.05, 3.63) is 21.9 Å². The van der Waals surface area contributed by atoms with Gasteiger partial charge in [-0.2, -0.15) is 0 Å². The molecule has 0 fully saturated rings. The molecule has 1 aromatic rings. The maximum absolute atomic E-state index is 11.8. The van der Waals surface area contributed by atoms with Gasteiger partial charge in [-0.15, -0.1) is 11.3 Å². The maximum Gasteiger partial charge on any atom is 0.348 e. The smallest absolute Gasteiger partial charge is 0.348 e. The van der Waals surface area contributed by atoms with Crippen LogP contribution in [-0.2, 0) is 11.3 Å². The van der Waals surface area contributed by atoms with E-state index in [4.69, 9.17) is 4.74 Å². The highest BCUT2D eigenvalue weighted by molar-refractivity contribution is 7.13. The molecule has 0 aliphatic carbocycles. The lowest BCUT2D eigenvalue weighted by atomic mass is 10.2. The largest absolute Gasteiger partial charge is 0.456 e. The summed E-state index contributed by atoms with van der Waals surface area (Å²) in [7, 11) is 0. The molecule has 4 heteroatoms. The molecule has 0 saturated carbocycles. The molecule has 18 heavy (non-hydrogen) atoms. The molecular formula is C14H23NO2S. The third-order valence-electron chi connectivity index (χ3n) is 2.11. The molecule has 1 aromatic heterocycles. The molecular weight excluding hydrogens is 246 g/mol. The van der Waals surface area contributed by atoms with E-state index in [9.17, 15) is 4.79 Å². The van der Waals surface area contributed by atoms with Crippen LogP contribution in [0.3, 0.4) is 0 Å². The third kappa shape index (κ3) is 5.65. The first-order valence-electron chi connectivity index (χ1n) is 6.30. The van der Waals surface area contributed by atoms with Gasteiger partial charge in [0.1, 0.15) is 10.5 Å². The zero-order valence-electron chi connectivity index (χ0n) is 11.9. The minimum Gasteiger partial charge on any atom is -0.456 e. The monoisotopic (exact) mass is 269 g/mol. The van der Waals surface area contributed by atoms with Gasteiger partial charge in [-0.3, -0.25) is 0 Å². The summed E-state index contributed by atoms with van der Waals surface area (Å²) in [6, 6.07) is 3.82. The number of nitrogens with one attached hydrogen (secondary N) is 1. The first kappa shape index (κ1) is 15.2. The molecule has 0 aliphatic heterocycles. The van der Waals surface area contributed by atoms with Crippen LogP contribution in [0.5, 0.6) is 0 Å². The number of esters is 1. The van der Waals surface area contributed by atoms with Gasteiger partial charge in [0.15, 0.2) is 0 Å². The van der Waals surface area contributed by atoms with Gasteiger partial charge >= 0.3 is 5.97 Å². The van der Waals surface area contributed by atoms with Crippen molar-refractivity contribution in [1.82, 2.24) is 5.32 Å². The summed E-state index contributed by atoms with van der Waals surface area (Å²) in [6.45, 7) is 11.8. The molecule has 0 unspecified atom stereocenters. The molecule has 0 aromatic carbocycles. The summed E-state index contributed by atoms with van der Waals surface area (Å²) in [5.74, 6) is 0.401. The van der Waals surface area contributed by atoms with E-state index in [2.05, 4.69) is 19.2 Å². The fourth-order valence-corrected chi connectivity index (χ4v) is 2.25. The highest BCUT2D eigenvalue weighted by Crippen LogP contribution is 2.20. The van der Waals surface area contributed by atoms with E-state index in [1.807, 2.05) is 32.9 Å². The van der Waals surface area contributed by atoms with Crippen LogP contribution in [0.2, 0.25) is 0 Å². The molecule has 0 atom stereocenters. The second-order valence-corrected chi connectivity index (χ2v) is 6.96. The number of carbonyl (C=O) groups is 1. The molecule has 0 spiro atoms. The quantitative estimate of drug-likeness (QED) is 0.832. The van der Waals surface area contributed by atoms with Gasteiger partial charge < -0.3 is 10.1 Å². The minimum absolute atomic E-state index is 0.234. The second kappa shape index (κ2) is 6.34. The third-order valence-corrected chi connectivity index (χ3v) is 3.18. The van der Waals surface area contributed by atoms with Gasteiger partial charge in [0.25, 0.3) is 0 Å². The van der Waals surface area contributed by atoms with Crippen molar-refractivity contribution in [2.75, 3.05) is 6.54 Å². The van der Waals surface area contributed by atoms with E-state index in [0.29, 0.717) is 10.8 Å². The second-order valence-electron chi connectivity index (χ2n) is 5.79. The fourth-order valence-electron chi connectivity index (χ4n) is 1.40. The molecule has 0 radical (unpaired) electrons. The average molecular weight is 269 g/mol. The van der Waals surface area contributed by atoms with Crippen molar-refractivity contribution in [3.63, 3.8) is 0 Å². The Bertz CT molecular complexity index is 391. The Labute approximate surface area is 114 Å². The Morgan fingerprint density at radius 2 is 2.06 bits per heavy atom. The van der Waals surface area contributed by atoms with Crippen LogP contribution >= 0.6 is 11.3 Å². The summed E-state index contributed by atoms with van der Waals surface area (Å²) in [5, 5.41) is 3.36. The maximum atomic E-state index is 11.8. The molecule has 0 amide bonds. The van der Waals surface area contributed by atoms with Gasteiger partial charge in [-0.1, -0.05) is 13.8 Å². The van der Waals surface area contributed by atoms with Crippen molar-refractivity contribution < 1.29 is 9.53 Å². The number of rotatable bonds is 5. The van der Waals surface area contributed by atoms with E-state index in [1.54, 1.807) is 0 Å². The van der Waals surface area contributed by atoms with Crippen LogP contribution in [-0.4, -0.2) is 18.1 Å². The topological polar surface area (TPSA) is 38.3 Å². The van der Waals surface area contributed by atoms with Crippen LogP contribution in [0.25, 0.3) is 0 Å². The summed E-state index contributed by atoms with van der Waals surface area (Å²) < 4.78 is 5.33. The molecule has 1 rings (SSSR count). The van der Waals surface area contributed by atoms with E-state index >= 15 is 0 Å². The average Bonchev–Trinajstić information content (AvgIpc) is 2.63. The van der Waals surface area contributed by atoms with E-state index in [-0.39, 0.29) is 5.97 Å². The van der Waals surface area contributed by atoms with E-state index in [1.165, 1.54) is 11.3 Å². The van der Waals surface area contributed by atoms with Crippen molar-refractivity contribution >= 4 is 17.3 Å². The van der Waals surface area contributed by atoms with Crippen molar-refractivity contribution in [1.29, 1.82) is 0 Å². The molecule has 3 nitrogen and oxygen atoms in total. The number of thiophene rings is 1. The summed E-state index contributed by atoms with van der Waals surface area (Å²) in [5.41, 5.74) is -0.433. The lowest BCUT2D eigenvalue weighted by Crippen LogP contribution is -2.23. The van der Waals surface area contributed by atoms with Gasteiger partial charge in [-0.05, 0) is 45.4 Å². The van der Waals surface area contributed by atoms with Crippen LogP contribution < -0.4 is 5.32 Å². The van der Waals surface area contributed by atoms with E-state index < -0.39 is 5.60 Å². The van der Waals surface area contributed by atoms with Crippen molar-refractivity contribution in [2.45, 2.75) is 46.8 Å². The molecule has 0 saturated heterocycles. The zero-order chi connectivity index (χ0) is 13.8. The number of carbonyl (C=O) groups excluding carboxylic acids is 1. The van der Waals surface area contributed by atoms with E-state index in [0.717, 1.165) is 18.0 Å². The highest BCUT2D eigenvalue weighted by Gasteiger charge is 2.19. The summed E-state index contributed by atoms with van der Waals surface area (Å²) >= 11 is 1.50. The minimum atomic E-state index is -0.433. The number of hydrogen-bond acceptors (Lipinski definition) is 4. The Morgan fingerprint density at radius 1 is 1.39 bits per heavy atom. The SMILES string of the molecule is CC(C)CNCc1ccc(C(=O)OC(C)(C)C)s1. The normalized spacial score (nSPS) is 11.9. The van der Waals surface area contributed by atoms with Crippen molar-refractivity contribution in [2.24, 2.45) is 5.92 Å². The van der Waals surface area contributed by atoms with Gasteiger partial charge in [0, 0.05) is 11.4 Å². The number of ether oxygens (including phenoxy) is 1. The zero-order valence-corrected chi connectivity index (χ0v) is 12.7.